The number of Topliss-reactive ketones (excluding diaryl/α,β-unsaturated/α-hetero) is 1. The van der Waals surface area contributed by atoms with E-state index in [1.807, 2.05) is 0 Å². The maximum absolute atomic E-state index is 11.4. The van der Waals surface area contributed by atoms with Crippen molar-refractivity contribution in [3.8, 4) is 0 Å². The highest BCUT2D eigenvalue weighted by Crippen LogP contribution is 2.26. The Morgan fingerprint density at radius 2 is 2.23 bits per heavy atom. The van der Waals surface area contributed by atoms with E-state index in [4.69, 9.17) is 0 Å². The largest absolute Gasteiger partial charge is 0.300 e. The summed E-state index contributed by atoms with van der Waals surface area (Å²) in [5.41, 5.74) is 1.48. The molecule has 0 aromatic heterocycles. The third-order valence-corrected chi connectivity index (χ3v) is 2.94. The Morgan fingerprint density at radius 3 is 3.00 bits per heavy atom. The van der Waals surface area contributed by atoms with Gasteiger partial charge in [0.2, 0.25) is 0 Å². The van der Waals surface area contributed by atoms with Crippen molar-refractivity contribution in [1.29, 1.82) is 0 Å². The second-order valence-corrected chi connectivity index (χ2v) is 4.07. The summed E-state index contributed by atoms with van der Waals surface area (Å²) in [6, 6.07) is 0. The maximum atomic E-state index is 11.4. The van der Waals surface area contributed by atoms with E-state index in [9.17, 15) is 4.79 Å². The van der Waals surface area contributed by atoms with E-state index >= 15 is 0 Å². The standard InChI is InChI=1S/C12H16O/c13-12-4-2-1-3-10-5-7-11(9-12)8-6-10/h3,5,7,11H,1-2,4,6,8-9H2/t11-/m1/s1. The lowest BCUT2D eigenvalue weighted by molar-refractivity contribution is -0.119. The van der Waals surface area contributed by atoms with Crippen LogP contribution in [-0.2, 0) is 4.79 Å². The van der Waals surface area contributed by atoms with Gasteiger partial charge < -0.3 is 0 Å². The van der Waals surface area contributed by atoms with E-state index in [0.29, 0.717) is 11.7 Å². The molecule has 3 rings (SSSR count). The van der Waals surface area contributed by atoms with Crippen molar-refractivity contribution in [2.24, 2.45) is 5.92 Å². The highest BCUT2D eigenvalue weighted by atomic mass is 16.1. The monoisotopic (exact) mass is 176 g/mol. The van der Waals surface area contributed by atoms with Gasteiger partial charge in [0.25, 0.3) is 0 Å². The summed E-state index contributed by atoms with van der Waals surface area (Å²) in [5, 5.41) is 0. The Bertz CT molecular complexity index is 260. The van der Waals surface area contributed by atoms with Crippen LogP contribution >= 0.6 is 0 Å². The number of carbonyl (C=O) groups is 1. The number of carbonyl (C=O) groups excluding carboxylic acids is 1. The summed E-state index contributed by atoms with van der Waals surface area (Å²) in [6.45, 7) is 0. The molecule has 1 heteroatoms. The van der Waals surface area contributed by atoms with Crippen molar-refractivity contribution >= 4 is 5.78 Å². The summed E-state index contributed by atoms with van der Waals surface area (Å²) in [7, 11) is 0. The van der Waals surface area contributed by atoms with E-state index in [2.05, 4.69) is 18.2 Å². The Kier molecular flexibility index (Phi) is 2.62. The number of allylic oxidation sites excluding steroid dienone is 4. The lowest BCUT2D eigenvalue weighted by Gasteiger charge is -2.18. The summed E-state index contributed by atoms with van der Waals surface area (Å²) in [5.74, 6) is 0.983. The van der Waals surface area contributed by atoms with E-state index in [-0.39, 0.29) is 0 Å². The zero-order valence-corrected chi connectivity index (χ0v) is 7.96. The lowest BCUT2D eigenvalue weighted by Crippen LogP contribution is -2.10. The molecular formula is C12H16O. The second-order valence-electron chi connectivity index (χ2n) is 4.07. The van der Waals surface area contributed by atoms with Gasteiger partial charge in [-0.1, -0.05) is 23.8 Å². The summed E-state index contributed by atoms with van der Waals surface area (Å²) < 4.78 is 0. The summed E-state index contributed by atoms with van der Waals surface area (Å²) in [6.07, 6.45) is 12.8. The average Bonchev–Trinajstić information content (AvgIpc) is 2.16. The number of hydrogen-bond donors (Lipinski definition) is 0. The molecule has 3 aliphatic carbocycles. The summed E-state index contributed by atoms with van der Waals surface area (Å²) in [4.78, 5) is 11.4. The van der Waals surface area contributed by atoms with Crippen LogP contribution in [-0.4, -0.2) is 5.78 Å². The van der Waals surface area contributed by atoms with Gasteiger partial charge in [-0.2, -0.15) is 0 Å². The van der Waals surface area contributed by atoms with Crippen LogP contribution in [0.3, 0.4) is 0 Å². The highest BCUT2D eigenvalue weighted by molar-refractivity contribution is 5.78. The third-order valence-electron chi connectivity index (χ3n) is 2.94. The molecule has 13 heavy (non-hydrogen) atoms. The molecular weight excluding hydrogens is 160 g/mol. The summed E-state index contributed by atoms with van der Waals surface area (Å²) >= 11 is 0. The first-order chi connectivity index (χ1) is 6.34. The van der Waals surface area contributed by atoms with Crippen molar-refractivity contribution < 1.29 is 4.79 Å². The molecule has 2 bridgehead atoms. The quantitative estimate of drug-likeness (QED) is 0.554. The second kappa shape index (κ2) is 3.91. The molecule has 0 heterocycles. The van der Waals surface area contributed by atoms with Gasteiger partial charge in [0.15, 0.2) is 0 Å². The Balaban J connectivity index is 2.13. The van der Waals surface area contributed by atoms with Gasteiger partial charge in [0.1, 0.15) is 5.78 Å². The van der Waals surface area contributed by atoms with E-state index in [1.54, 1.807) is 0 Å². The predicted octanol–water partition coefficient (Wildman–Crippen LogP) is 3.02. The molecule has 0 N–H and O–H groups in total. The van der Waals surface area contributed by atoms with Gasteiger partial charge in [-0.25, -0.2) is 0 Å². The van der Waals surface area contributed by atoms with Gasteiger partial charge in [-0.15, -0.1) is 0 Å². The van der Waals surface area contributed by atoms with E-state index in [1.165, 1.54) is 18.4 Å². The Hall–Kier alpha value is -0.850. The van der Waals surface area contributed by atoms with Gasteiger partial charge in [0.05, 0.1) is 0 Å². The van der Waals surface area contributed by atoms with Crippen molar-refractivity contribution in [3.63, 3.8) is 0 Å². The van der Waals surface area contributed by atoms with Crippen LogP contribution in [0.5, 0.6) is 0 Å². The first-order valence-electron chi connectivity index (χ1n) is 5.23. The molecule has 0 saturated carbocycles. The number of fused-ring (bicyclic) bond motifs is 6. The molecule has 0 fully saturated rings. The zero-order valence-electron chi connectivity index (χ0n) is 7.96. The van der Waals surface area contributed by atoms with Crippen LogP contribution in [0.1, 0.15) is 38.5 Å². The average molecular weight is 176 g/mol. The fourth-order valence-corrected chi connectivity index (χ4v) is 2.11. The van der Waals surface area contributed by atoms with Gasteiger partial charge in [0, 0.05) is 12.8 Å². The zero-order chi connectivity index (χ0) is 9.10. The molecule has 0 radical (unpaired) electrons. The minimum absolute atomic E-state index is 0.452. The molecule has 0 spiro atoms. The fourth-order valence-electron chi connectivity index (χ4n) is 2.11. The Morgan fingerprint density at radius 1 is 1.31 bits per heavy atom. The highest BCUT2D eigenvalue weighted by Gasteiger charge is 2.15. The van der Waals surface area contributed by atoms with Gasteiger partial charge in [-0.05, 0) is 31.6 Å². The lowest BCUT2D eigenvalue weighted by atomic mass is 9.86. The van der Waals surface area contributed by atoms with Crippen LogP contribution in [0.25, 0.3) is 0 Å². The molecule has 0 aromatic rings. The van der Waals surface area contributed by atoms with E-state index < -0.39 is 0 Å². The van der Waals surface area contributed by atoms with Gasteiger partial charge in [-0.3, -0.25) is 4.79 Å². The van der Waals surface area contributed by atoms with Crippen LogP contribution in [0.15, 0.2) is 23.8 Å². The first kappa shape index (κ1) is 8.74. The van der Waals surface area contributed by atoms with Crippen LogP contribution < -0.4 is 0 Å². The molecule has 0 amide bonds. The maximum Gasteiger partial charge on any atom is 0.133 e. The van der Waals surface area contributed by atoms with E-state index in [0.717, 1.165) is 25.7 Å². The number of rotatable bonds is 0. The topological polar surface area (TPSA) is 17.1 Å². The number of ketones is 1. The molecule has 0 saturated heterocycles. The van der Waals surface area contributed by atoms with Crippen LogP contribution in [0.2, 0.25) is 0 Å². The van der Waals surface area contributed by atoms with Crippen molar-refractivity contribution in [2.75, 3.05) is 0 Å². The SMILES string of the molecule is O=C1CCCC=C2C=C[C@H](CC2)C1. The fraction of sp³-hybridized carbons (Fsp3) is 0.583. The van der Waals surface area contributed by atoms with Crippen molar-refractivity contribution in [1.82, 2.24) is 0 Å². The molecule has 1 atom stereocenters. The Labute approximate surface area is 79.5 Å². The molecule has 1 nitrogen and oxygen atoms in total. The molecule has 3 aliphatic rings. The normalized spacial score (nSPS) is 28.8. The van der Waals surface area contributed by atoms with Crippen molar-refractivity contribution in [3.05, 3.63) is 23.8 Å². The predicted molar refractivity (Wildman–Crippen MR) is 53.4 cm³/mol. The first-order valence-corrected chi connectivity index (χ1v) is 5.23. The third kappa shape index (κ3) is 2.30. The minimum atomic E-state index is 0.452. The molecule has 70 valence electrons. The van der Waals surface area contributed by atoms with Crippen LogP contribution in [0, 0.1) is 5.92 Å². The van der Waals surface area contributed by atoms with Crippen LogP contribution in [0.4, 0.5) is 0 Å². The molecule has 0 aromatic carbocycles. The van der Waals surface area contributed by atoms with Gasteiger partial charge >= 0.3 is 0 Å². The minimum Gasteiger partial charge on any atom is -0.300 e. The van der Waals surface area contributed by atoms with Crippen molar-refractivity contribution in [2.45, 2.75) is 38.5 Å². The molecule has 0 aliphatic heterocycles. The smallest absolute Gasteiger partial charge is 0.133 e. The molecule has 0 unspecified atom stereocenters. The number of hydrogen-bond acceptors (Lipinski definition) is 1.